The van der Waals surface area contributed by atoms with Crippen molar-refractivity contribution in [3.63, 3.8) is 0 Å². The average Bonchev–Trinajstić information content (AvgIpc) is 3.15. The molecule has 0 aliphatic rings. The number of halogens is 3. The minimum atomic E-state index is 0.545. The van der Waals surface area contributed by atoms with Gasteiger partial charge in [-0.15, -0.1) is 16.8 Å². The third-order valence-corrected chi connectivity index (χ3v) is 5.38. The first-order chi connectivity index (χ1) is 11.6. The number of benzene rings is 1. The zero-order chi connectivity index (χ0) is 17.1. The summed E-state index contributed by atoms with van der Waals surface area (Å²) in [7, 11) is 0. The first kappa shape index (κ1) is 17.6. The lowest BCUT2D eigenvalue weighted by molar-refractivity contribution is 0.545. The predicted molar refractivity (Wildman–Crippen MR) is 102 cm³/mol. The van der Waals surface area contributed by atoms with Gasteiger partial charge in [-0.1, -0.05) is 47.1 Å². The monoisotopic (exact) mass is 443 g/mol. The summed E-state index contributed by atoms with van der Waals surface area (Å²) < 4.78 is 8.19. The van der Waals surface area contributed by atoms with Crippen LogP contribution >= 0.6 is 50.9 Å². The minimum absolute atomic E-state index is 0.545. The first-order valence-electron chi connectivity index (χ1n) is 6.95. The van der Waals surface area contributed by atoms with Gasteiger partial charge in [0.1, 0.15) is 0 Å². The van der Waals surface area contributed by atoms with Crippen LogP contribution in [0.1, 0.15) is 5.56 Å². The highest BCUT2D eigenvalue weighted by molar-refractivity contribution is 9.10. The molecule has 3 aromatic rings. The topological polar surface area (TPSA) is 43.9 Å². The van der Waals surface area contributed by atoms with E-state index in [0.717, 1.165) is 10.7 Å². The number of nitrogens with zero attached hydrogens (tertiary/aromatic N) is 3. The van der Waals surface area contributed by atoms with Crippen LogP contribution in [0.25, 0.3) is 11.6 Å². The van der Waals surface area contributed by atoms with E-state index in [1.165, 1.54) is 0 Å². The summed E-state index contributed by atoms with van der Waals surface area (Å²) in [6.45, 7) is 4.39. The smallest absolute Gasteiger partial charge is 0.200 e. The Labute approximate surface area is 162 Å². The lowest BCUT2D eigenvalue weighted by atomic mass is 10.2. The fourth-order valence-corrected chi connectivity index (χ4v) is 3.60. The molecule has 0 N–H and O–H groups in total. The van der Waals surface area contributed by atoms with Crippen molar-refractivity contribution in [3.8, 4) is 11.6 Å². The number of allylic oxidation sites excluding steroid dienone is 1. The predicted octanol–water partition coefficient (Wildman–Crippen LogP) is 6.09. The van der Waals surface area contributed by atoms with Gasteiger partial charge >= 0.3 is 0 Å². The highest BCUT2D eigenvalue weighted by atomic mass is 79.9. The van der Waals surface area contributed by atoms with Crippen LogP contribution in [0.4, 0.5) is 0 Å². The van der Waals surface area contributed by atoms with Crippen LogP contribution in [-0.2, 0) is 12.3 Å². The van der Waals surface area contributed by atoms with Crippen molar-refractivity contribution in [3.05, 3.63) is 63.3 Å². The number of thioether (sulfide) groups is 1. The van der Waals surface area contributed by atoms with Crippen LogP contribution < -0.4 is 0 Å². The Morgan fingerprint density at radius 2 is 2.04 bits per heavy atom. The van der Waals surface area contributed by atoms with Crippen molar-refractivity contribution in [1.29, 1.82) is 0 Å². The van der Waals surface area contributed by atoms with E-state index in [0.29, 0.717) is 38.6 Å². The molecule has 0 amide bonds. The fraction of sp³-hybridized carbons (Fsp3) is 0.125. The van der Waals surface area contributed by atoms with Crippen LogP contribution in [-0.4, -0.2) is 14.8 Å². The van der Waals surface area contributed by atoms with E-state index in [2.05, 4.69) is 32.7 Å². The summed E-state index contributed by atoms with van der Waals surface area (Å²) in [5.74, 6) is 2.02. The molecular weight excluding hydrogens is 433 g/mol. The Kier molecular flexibility index (Phi) is 5.71. The number of hydrogen-bond donors (Lipinski definition) is 0. The normalized spacial score (nSPS) is 11.0. The number of rotatable bonds is 6. The van der Waals surface area contributed by atoms with Gasteiger partial charge in [0.15, 0.2) is 15.6 Å². The molecule has 2 heterocycles. The van der Waals surface area contributed by atoms with Crippen molar-refractivity contribution in [2.24, 2.45) is 0 Å². The second-order valence-electron chi connectivity index (χ2n) is 4.85. The van der Waals surface area contributed by atoms with E-state index in [9.17, 15) is 0 Å². The Morgan fingerprint density at radius 3 is 2.71 bits per heavy atom. The van der Waals surface area contributed by atoms with Crippen LogP contribution in [0.2, 0.25) is 10.0 Å². The Hall–Kier alpha value is -1.21. The molecule has 0 aliphatic carbocycles. The third-order valence-electron chi connectivity index (χ3n) is 3.17. The zero-order valence-electron chi connectivity index (χ0n) is 12.4. The number of furan rings is 1. The molecule has 2 aromatic heterocycles. The molecule has 0 spiro atoms. The third kappa shape index (κ3) is 3.88. The van der Waals surface area contributed by atoms with Gasteiger partial charge in [0.25, 0.3) is 0 Å². The Morgan fingerprint density at radius 1 is 1.21 bits per heavy atom. The van der Waals surface area contributed by atoms with Gasteiger partial charge in [0.05, 0.1) is 10.0 Å². The summed E-state index contributed by atoms with van der Waals surface area (Å²) >= 11 is 16.9. The summed E-state index contributed by atoms with van der Waals surface area (Å²) in [4.78, 5) is 0. The summed E-state index contributed by atoms with van der Waals surface area (Å²) in [6, 6.07) is 9.27. The first-order valence-corrected chi connectivity index (χ1v) is 9.48. The van der Waals surface area contributed by atoms with Crippen LogP contribution in [0.3, 0.4) is 0 Å². The largest absolute Gasteiger partial charge is 0.446 e. The molecule has 0 saturated heterocycles. The molecule has 0 fully saturated rings. The molecular formula is C16H12BrCl2N3OS. The van der Waals surface area contributed by atoms with Gasteiger partial charge in [-0.05, 0) is 45.8 Å². The maximum absolute atomic E-state index is 6.06. The van der Waals surface area contributed by atoms with E-state index < -0.39 is 0 Å². The van der Waals surface area contributed by atoms with Gasteiger partial charge in [0.2, 0.25) is 5.82 Å². The average molecular weight is 445 g/mol. The van der Waals surface area contributed by atoms with Crippen LogP contribution in [0.15, 0.2) is 57.2 Å². The highest BCUT2D eigenvalue weighted by Gasteiger charge is 2.16. The zero-order valence-corrected chi connectivity index (χ0v) is 16.3. The SMILES string of the molecule is C=CCn1c(SCc2ccc(Cl)c(Cl)c2)nnc1-c1ccc(Br)o1. The Balaban J connectivity index is 1.83. The summed E-state index contributed by atoms with van der Waals surface area (Å²) in [5, 5.41) is 10.4. The van der Waals surface area contributed by atoms with Crippen molar-refractivity contribution < 1.29 is 4.42 Å². The molecule has 3 rings (SSSR count). The second kappa shape index (κ2) is 7.78. The molecule has 4 nitrogen and oxygen atoms in total. The number of hydrogen-bond acceptors (Lipinski definition) is 4. The number of aromatic nitrogens is 3. The molecule has 0 atom stereocenters. The maximum Gasteiger partial charge on any atom is 0.200 e. The standard InChI is InChI=1S/C16H12BrCl2N3OS/c1-2-7-22-15(13-5-6-14(17)23-13)20-21-16(22)24-9-10-3-4-11(18)12(19)8-10/h2-6,8H,1,7,9H2. The summed E-state index contributed by atoms with van der Waals surface area (Å²) in [5.41, 5.74) is 1.06. The molecule has 0 radical (unpaired) electrons. The lowest BCUT2D eigenvalue weighted by Crippen LogP contribution is -2.00. The van der Waals surface area contributed by atoms with Gasteiger partial charge in [-0.2, -0.15) is 0 Å². The van der Waals surface area contributed by atoms with E-state index in [-0.39, 0.29) is 0 Å². The molecule has 0 saturated carbocycles. The van der Waals surface area contributed by atoms with Crippen LogP contribution in [0, 0.1) is 0 Å². The van der Waals surface area contributed by atoms with Crippen LogP contribution in [0.5, 0.6) is 0 Å². The minimum Gasteiger partial charge on any atom is -0.446 e. The van der Waals surface area contributed by atoms with Gasteiger partial charge in [-0.25, -0.2) is 0 Å². The van der Waals surface area contributed by atoms with Crippen molar-refractivity contribution in [2.75, 3.05) is 0 Å². The van der Waals surface area contributed by atoms with E-state index in [1.807, 2.05) is 28.8 Å². The van der Waals surface area contributed by atoms with Crippen molar-refractivity contribution >= 4 is 50.9 Å². The summed E-state index contributed by atoms with van der Waals surface area (Å²) in [6.07, 6.45) is 1.80. The maximum atomic E-state index is 6.06. The molecule has 0 bridgehead atoms. The lowest BCUT2D eigenvalue weighted by Gasteiger charge is -2.07. The molecule has 24 heavy (non-hydrogen) atoms. The van der Waals surface area contributed by atoms with Gasteiger partial charge < -0.3 is 4.42 Å². The molecule has 1 aromatic carbocycles. The van der Waals surface area contributed by atoms with Gasteiger partial charge in [0, 0.05) is 12.3 Å². The van der Waals surface area contributed by atoms with Crippen molar-refractivity contribution in [1.82, 2.24) is 14.8 Å². The van der Waals surface area contributed by atoms with Gasteiger partial charge in [-0.3, -0.25) is 4.57 Å². The second-order valence-corrected chi connectivity index (χ2v) is 7.38. The highest BCUT2D eigenvalue weighted by Crippen LogP contribution is 2.30. The molecule has 0 aliphatic heterocycles. The fourth-order valence-electron chi connectivity index (χ4n) is 2.08. The molecule has 0 unspecified atom stereocenters. The quantitative estimate of drug-likeness (QED) is 0.341. The molecule has 124 valence electrons. The van der Waals surface area contributed by atoms with E-state index in [1.54, 1.807) is 23.9 Å². The van der Waals surface area contributed by atoms with Crippen molar-refractivity contribution in [2.45, 2.75) is 17.5 Å². The Bertz CT molecular complexity index is 878. The molecule has 8 heteroatoms. The van der Waals surface area contributed by atoms with E-state index >= 15 is 0 Å². The van der Waals surface area contributed by atoms with E-state index in [4.69, 9.17) is 27.6 Å².